The molecule has 5 aliphatic carbocycles. The molecule has 2 amide bonds. The second-order valence-corrected chi connectivity index (χ2v) is 13.3. The summed E-state index contributed by atoms with van der Waals surface area (Å²) in [6, 6.07) is 11.0. The number of rotatable bonds is 5. The number of carbonyl (C=O) groups is 2. The highest BCUT2D eigenvalue weighted by atomic mass is 16.6. The van der Waals surface area contributed by atoms with Crippen molar-refractivity contribution in [3.63, 3.8) is 0 Å². The lowest BCUT2D eigenvalue weighted by molar-refractivity contribution is -0.169. The van der Waals surface area contributed by atoms with Crippen molar-refractivity contribution < 1.29 is 19.4 Å². The topological polar surface area (TPSA) is 87.7 Å². The molecule has 6 nitrogen and oxygen atoms in total. The van der Waals surface area contributed by atoms with Crippen LogP contribution in [0.5, 0.6) is 0 Å². The zero-order valence-corrected chi connectivity index (χ0v) is 21.6. The summed E-state index contributed by atoms with van der Waals surface area (Å²) in [5.41, 5.74) is 0.310. The SMILES string of the molecule is CC(C)(C)OC(=O)N[C@H]1CC[C@H](NC(=O)C23CC4CC(CO)(C2)CC(c2ccccc2)(C4)C3)CC1. The molecule has 4 atom stereocenters. The highest BCUT2D eigenvalue weighted by molar-refractivity contribution is 5.84. The fourth-order valence-corrected chi connectivity index (χ4v) is 8.38. The predicted molar refractivity (Wildman–Crippen MR) is 135 cm³/mol. The Morgan fingerprint density at radius 1 is 0.943 bits per heavy atom. The van der Waals surface area contributed by atoms with Crippen molar-refractivity contribution in [2.75, 3.05) is 6.61 Å². The van der Waals surface area contributed by atoms with E-state index in [9.17, 15) is 14.7 Å². The first-order valence-electron chi connectivity index (χ1n) is 13.5. The average molecular weight is 483 g/mol. The molecule has 0 aromatic heterocycles. The maximum Gasteiger partial charge on any atom is 0.407 e. The zero-order chi connectivity index (χ0) is 24.9. The van der Waals surface area contributed by atoms with Crippen LogP contribution in [0.4, 0.5) is 4.79 Å². The largest absolute Gasteiger partial charge is 0.444 e. The van der Waals surface area contributed by atoms with Gasteiger partial charge in [0.25, 0.3) is 0 Å². The molecule has 0 spiro atoms. The average Bonchev–Trinajstić information content (AvgIpc) is 2.79. The van der Waals surface area contributed by atoms with Crippen LogP contribution in [-0.2, 0) is 14.9 Å². The summed E-state index contributed by atoms with van der Waals surface area (Å²) in [7, 11) is 0. The summed E-state index contributed by atoms with van der Waals surface area (Å²) in [5, 5.41) is 16.9. The fraction of sp³-hybridized carbons (Fsp3) is 0.724. The molecule has 1 aromatic carbocycles. The van der Waals surface area contributed by atoms with E-state index in [2.05, 4.69) is 41.0 Å². The van der Waals surface area contributed by atoms with Gasteiger partial charge in [0.05, 0.1) is 5.41 Å². The van der Waals surface area contributed by atoms with Crippen LogP contribution >= 0.6 is 0 Å². The molecule has 5 aliphatic rings. The smallest absolute Gasteiger partial charge is 0.407 e. The van der Waals surface area contributed by atoms with Gasteiger partial charge in [0, 0.05) is 18.7 Å². The third-order valence-corrected chi connectivity index (χ3v) is 9.17. The maximum absolute atomic E-state index is 13.9. The summed E-state index contributed by atoms with van der Waals surface area (Å²) in [4.78, 5) is 26.1. The number of ether oxygens (including phenoxy) is 1. The normalized spacial score (nSPS) is 38.1. The molecule has 3 N–H and O–H groups in total. The van der Waals surface area contributed by atoms with E-state index in [4.69, 9.17) is 4.74 Å². The van der Waals surface area contributed by atoms with Gasteiger partial charge in [-0.25, -0.2) is 4.79 Å². The molecule has 0 heterocycles. The second-order valence-electron chi connectivity index (χ2n) is 13.3. The Morgan fingerprint density at radius 3 is 2.23 bits per heavy atom. The van der Waals surface area contributed by atoms with Crippen LogP contribution in [0.3, 0.4) is 0 Å². The highest BCUT2D eigenvalue weighted by Gasteiger charge is 2.65. The number of carbonyl (C=O) groups excluding carboxylic acids is 2. The maximum atomic E-state index is 13.9. The minimum atomic E-state index is -0.504. The van der Waals surface area contributed by atoms with Crippen LogP contribution in [0, 0.1) is 16.7 Å². The van der Waals surface area contributed by atoms with Crippen LogP contribution in [-0.4, -0.2) is 41.4 Å². The molecule has 35 heavy (non-hydrogen) atoms. The van der Waals surface area contributed by atoms with Gasteiger partial charge in [-0.15, -0.1) is 0 Å². The quantitative estimate of drug-likeness (QED) is 0.560. The first kappa shape index (κ1) is 24.6. The molecular formula is C29H42N2O4. The Kier molecular flexibility index (Phi) is 6.18. The van der Waals surface area contributed by atoms with E-state index >= 15 is 0 Å². The molecular weight excluding hydrogens is 440 g/mol. The first-order valence-corrected chi connectivity index (χ1v) is 13.5. The molecule has 4 unspecified atom stereocenters. The van der Waals surface area contributed by atoms with Gasteiger partial charge in [-0.2, -0.15) is 0 Å². The lowest BCUT2D eigenvalue weighted by Gasteiger charge is -2.66. The number of aliphatic hydroxyl groups excluding tert-OH is 1. The number of hydrogen-bond acceptors (Lipinski definition) is 4. The summed E-state index contributed by atoms with van der Waals surface area (Å²) in [6.45, 7) is 5.78. The molecule has 0 radical (unpaired) electrons. The van der Waals surface area contributed by atoms with Crippen LogP contribution in [0.25, 0.3) is 0 Å². The van der Waals surface area contributed by atoms with Crippen molar-refractivity contribution in [1.29, 1.82) is 0 Å². The first-order chi connectivity index (χ1) is 16.5. The third kappa shape index (κ3) is 4.83. The number of aliphatic hydroxyl groups is 1. The Bertz CT molecular complexity index is 951. The molecule has 5 saturated carbocycles. The second kappa shape index (κ2) is 8.79. The fourth-order valence-electron chi connectivity index (χ4n) is 8.38. The van der Waals surface area contributed by atoms with Crippen molar-refractivity contribution in [2.24, 2.45) is 16.7 Å². The molecule has 0 saturated heterocycles. The number of amides is 2. The molecule has 6 rings (SSSR count). The standard InChI is InChI=1S/C29H42N2O4/c1-26(2,3)35-25(34)31-23-11-9-22(10-12-23)30-24(33)29-15-20-13-27(17-29,19-32)16-28(14-20,18-29)21-7-5-4-6-8-21/h4-8,20,22-23,32H,9-19H2,1-3H3,(H,30,33)(H,31,34)/t20?,22-,23-,27?,28?,29?. The predicted octanol–water partition coefficient (Wildman–Crippen LogP) is 4.84. The molecule has 5 fully saturated rings. The Labute approximate surface area is 209 Å². The lowest BCUT2D eigenvalue weighted by Crippen LogP contribution is -2.64. The van der Waals surface area contributed by atoms with Crippen LogP contribution < -0.4 is 10.6 Å². The van der Waals surface area contributed by atoms with Gasteiger partial charge in [0.15, 0.2) is 0 Å². The number of alkyl carbamates (subject to hydrolysis) is 1. The summed E-state index contributed by atoms with van der Waals surface area (Å²) < 4.78 is 5.40. The van der Waals surface area contributed by atoms with E-state index in [-0.39, 0.29) is 46.9 Å². The van der Waals surface area contributed by atoms with Gasteiger partial charge < -0.3 is 20.5 Å². The number of benzene rings is 1. The third-order valence-electron chi connectivity index (χ3n) is 9.17. The lowest BCUT2D eigenvalue weighted by atomic mass is 9.38. The van der Waals surface area contributed by atoms with Gasteiger partial charge in [-0.05, 0) is 107 Å². The zero-order valence-electron chi connectivity index (χ0n) is 21.6. The van der Waals surface area contributed by atoms with Gasteiger partial charge in [0.2, 0.25) is 5.91 Å². The Balaban J connectivity index is 1.25. The minimum absolute atomic E-state index is 0.00422. The summed E-state index contributed by atoms with van der Waals surface area (Å²) in [6.07, 6.45) is 8.87. The molecule has 0 aliphatic heterocycles. The van der Waals surface area contributed by atoms with Crippen LogP contribution in [0.1, 0.15) is 90.5 Å². The van der Waals surface area contributed by atoms with Crippen molar-refractivity contribution in [2.45, 2.75) is 108 Å². The van der Waals surface area contributed by atoms with Gasteiger partial charge in [-0.1, -0.05) is 30.3 Å². The van der Waals surface area contributed by atoms with Crippen LogP contribution in [0.2, 0.25) is 0 Å². The van der Waals surface area contributed by atoms with E-state index in [1.54, 1.807) is 0 Å². The highest BCUT2D eigenvalue weighted by Crippen LogP contribution is 2.70. The Morgan fingerprint density at radius 2 is 1.60 bits per heavy atom. The number of nitrogens with one attached hydrogen (secondary N) is 2. The molecule has 1 aromatic rings. The van der Waals surface area contributed by atoms with Gasteiger partial charge in [-0.3, -0.25) is 4.79 Å². The van der Waals surface area contributed by atoms with Gasteiger partial charge >= 0.3 is 6.09 Å². The van der Waals surface area contributed by atoms with Crippen molar-refractivity contribution >= 4 is 12.0 Å². The number of hydrogen-bond donors (Lipinski definition) is 3. The van der Waals surface area contributed by atoms with E-state index < -0.39 is 5.60 Å². The molecule has 4 bridgehead atoms. The monoisotopic (exact) mass is 482 g/mol. The van der Waals surface area contributed by atoms with Crippen molar-refractivity contribution in [3.8, 4) is 0 Å². The van der Waals surface area contributed by atoms with E-state index in [1.165, 1.54) is 5.56 Å². The van der Waals surface area contributed by atoms with E-state index in [0.717, 1.165) is 64.2 Å². The van der Waals surface area contributed by atoms with Crippen molar-refractivity contribution in [3.05, 3.63) is 35.9 Å². The van der Waals surface area contributed by atoms with Crippen molar-refractivity contribution in [1.82, 2.24) is 10.6 Å². The minimum Gasteiger partial charge on any atom is -0.444 e. The molecule has 192 valence electrons. The van der Waals surface area contributed by atoms with Gasteiger partial charge in [0.1, 0.15) is 5.60 Å². The molecule has 6 heteroatoms. The van der Waals surface area contributed by atoms with E-state index in [1.807, 2.05) is 20.8 Å². The Hall–Kier alpha value is -2.08. The van der Waals surface area contributed by atoms with Crippen LogP contribution in [0.15, 0.2) is 30.3 Å². The summed E-state index contributed by atoms with van der Waals surface area (Å²) in [5.74, 6) is 0.696. The van der Waals surface area contributed by atoms with E-state index in [0.29, 0.717) is 5.92 Å². The summed E-state index contributed by atoms with van der Waals surface area (Å²) >= 11 is 0.